The van der Waals surface area contributed by atoms with Gasteiger partial charge >= 0.3 is 0 Å². The van der Waals surface area contributed by atoms with E-state index in [2.05, 4.69) is 27.5 Å². The summed E-state index contributed by atoms with van der Waals surface area (Å²) in [5.41, 5.74) is 4.37. The number of allylic oxidation sites excluding steroid dienone is 2. The molecule has 3 heterocycles. The van der Waals surface area contributed by atoms with Crippen molar-refractivity contribution in [2.45, 2.75) is 32.1 Å². The maximum absolute atomic E-state index is 12.9. The highest BCUT2D eigenvalue weighted by Crippen LogP contribution is 2.52. The molecule has 0 aromatic carbocycles. The largest absolute Gasteiger partial charge is 0.272 e. The highest BCUT2D eigenvalue weighted by Gasteiger charge is 2.59. The molecule has 6 rings (SSSR count). The molecular weight excluding hydrogens is 348 g/mol. The Kier molecular flexibility index (Phi) is 2.93. The van der Waals surface area contributed by atoms with E-state index in [1.54, 1.807) is 11.3 Å². The summed E-state index contributed by atoms with van der Waals surface area (Å²) in [4.78, 5) is 37.0. The first-order chi connectivity index (χ1) is 12.7. The number of rotatable bonds is 2. The SMILES string of the molecule is O=C1C2C3C=CC(C3)C2C(=O)N1Nc1ncnc2sc3c(c12)CCCC3. The lowest BCUT2D eigenvalue weighted by molar-refractivity contribution is -0.139. The summed E-state index contributed by atoms with van der Waals surface area (Å²) in [6, 6.07) is 0. The topological polar surface area (TPSA) is 75.2 Å². The summed E-state index contributed by atoms with van der Waals surface area (Å²) in [5.74, 6) is 0.425. The van der Waals surface area contributed by atoms with Crippen LogP contribution in [-0.2, 0) is 22.4 Å². The molecule has 6 nitrogen and oxygen atoms in total. The highest BCUT2D eigenvalue weighted by molar-refractivity contribution is 7.19. The third-order valence-corrected chi connectivity index (χ3v) is 7.64. The fourth-order valence-corrected chi connectivity index (χ4v) is 6.52. The maximum Gasteiger partial charge on any atom is 0.252 e. The molecule has 2 bridgehead atoms. The van der Waals surface area contributed by atoms with E-state index < -0.39 is 0 Å². The van der Waals surface area contributed by atoms with Crippen molar-refractivity contribution in [1.29, 1.82) is 0 Å². The Balaban J connectivity index is 1.40. The monoisotopic (exact) mass is 366 g/mol. The second kappa shape index (κ2) is 5.13. The van der Waals surface area contributed by atoms with Gasteiger partial charge in [0.2, 0.25) is 0 Å². The van der Waals surface area contributed by atoms with Gasteiger partial charge in [0.1, 0.15) is 11.2 Å². The minimum absolute atomic E-state index is 0.104. The first kappa shape index (κ1) is 14.8. The van der Waals surface area contributed by atoms with Crippen LogP contribution in [-0.4, -0.2) is 26.8 Å². The molecule has 4 aliphatic rings. The van der Waals surface area contributed by atoms with E-state index in [9.17, 15) is 9.59 Å². The number of aromatic nitrogens is 2. The van der Waals surface area contributed by atoms with Crippen molar-refractivity contribution < 1.29 is 9.59 Å². The fraction of sp³-hybridized carbons (Fsp3) is 0.474. The van der Waals surface area contributed by atoms with Gasteiger partial charge in [0, 0.05) is 4.88 Å². The van der Waals surface area contributed by atoms with Gasteiger partial charge in [0.25, 0.3) is 11.8 Å². The van der Waals surface area contributed by atoms with Gasteiger partial charge < -0.3 is 0 Å². The van der Waals surface area contributed by atoms with Gasteiger partial charge in [-0.15, -0.1) is 11.3 Å². The number of hydrogen-bond donors (Lipinski definition) is 1. The third kappa shape index (κ3) is 1.81. The maximum atomic E-state index is 12.9. The van der Waals surface area contributed by atoms with Crippen molar-refractivity contribution in [3.63, 3.8) is 0 Å². The van der Waals surface area contributed by atoms with Crippen molar-refractivity contribution >= 4 is 39.2 Å². The number of anilines is 1. The van der Waals surface area contributed by atoms with E-state index in [0.29, 0.717) is 5.82 Å². The van der Waals surface area contributed by atoms with Crippen LogP contribution < -0.4 is 5.43 Å². The number of amides is 2. The quantitative estimate of drug-likeness (QED) is 0.653. The molecule has 0 spiro atoms. The average Bonchev–Trinajstić information content (AvgIpc) is 3.40. The summed E-state index contributed by atoms with van der Waals surface area (Å²) in [5, 5.41) is 2.22. The van der Waals surface area contributed by atoms with Crippen molar-refractivity contribution in [3.8, 4) is 0 Å². The minimum atomic E-state index is -0.196. The first-order valence-corrected chi connectivity index (χ1v) is 10.1. The molecule has 2 fully saturated rings. The Labute approximate surface area is 154 Å². The van der Waals surface area contributed by atoms with Crippen LogP contribution in [0.1, 0.15) is 29.7 Å². The van der Waals surface area contributed by atoms with Crippen molar-refractivity contribution in [1.82, 2.24) is 15.0 Å². The summed E-state index contributed by atoms with van der Waals surface area (Å²) in [6.07, 6.45) is 11.1. The standard InChI is InChI=1S/C19H18N4O2S/c24-18-13-9-5-6-10(7-9)14(13)19(25)23(18)22-16-15-11-3-1-2-4-12(11)26-17(15)21-8-20-16/h5-6,8-10,13-14H,1-4,7H2,(H,20,21,22). The molecule has 7 heteroatoms. The molecule has 26 heavy (non-hydrogen) atoms. The fourth-order valence-electron chi connectivity index (χ4n) is 5.29. The van der Waals surface area contributed by atoms with E-state index in [-0.39, 0.29) is 35.5 Å². The first-order valence-electron chi connectivity index (χ1n) is 9.30. The van der Waals surface area contributed by atoms with Crippen LogP contribution in [0.25, 0.3) is 10.2 Å². The molecule has 4 unspecified atom stereocenters. The molecule has 1 saturated carbocycles. The van der Waals surface area contributed by atoms with Gasteiger partial charge in [-0.05, 0) is 49.5 Å². The smallest absolute Gasteiger partial charge is 0.252 e. The van der Waals surface area contributed by atoms with Crippen LogP contribution in [0.4, 0.5) is 5.82 Å². The molecule has 1 N–H and O–H groups in total. The second-order valence-corrected chi connectivity index (χ2v) is 8.82. The summed E-state index contributed by atoms with van der Waals surface area (Å²) >= 11 is 1.71. The van der Waals surface area contributed by atoms with E-state index in [4.69, 9.17) is 0 Å². The predicted octanol–water partition coefficient (Wildman–Crippen LogP) is 2.70. The average molecular weight is 366 g/mol. The normalized spacial score (nSPS) is 31.8. The molecule has 1 saturated heterocycles. The molecule has 4 atom stereocenters. The molecule has 132 valence electrons. The van der Waals surface area contributed by atoms with Crippen LogP contribution >= 0.6 is 11.3 Å². The lowest BCUT2D eigenvalue weighted by Gasteiger charge is -2.19. The number of hydrazine groups is 1. The second-order valence-electron chi connectivity index (χ2n) is 7.74. The van der Waals surface area contributed by atoms with Crippen LogP contribution in [0.2, 0.25) is 0 Å². The van der Waals surface area contributed by atoms with E-state index >= 15 is 0 Å². The van der Waals surface area contributed by atoms with Gasteiger partial charge in [0.15, 0.2) is 5.82 Å². The minimum Gasteiger partial charge on any atom is -0.272 e. The number of fused-ring (bicyclic) bond motifs is 8. The predicted molar refractivity (Wildman–Crippen MR) is 97.2 cm³/mol. The van der Waals surface area contributed by atoms with Crippen molar-refractivity contribution in [2.75, 3.05) is 5.43 Å². The van der Waals surface area contributed by atoms with Crippen molar-refractivity contribution in [3.05, 3.63) is 28.9 Å². The number of nitrogens with one attached hydrogen (secondary N) is 1. The van der Waals surface area contributed by atoms with E-state index in [1.165, 1.54) is 28.2 Å². The Hall–Kier alpha value is -2.28. The zero-order valence-electron chi connectivity index (χ0n) is 14.1. The lowest BCUT2D eigenvalue weighted by Crippen LogP contribution is -2.38. The summed E-state index contributed by atoms with van der Waals surface area (Å²) < 4.78 is 0. The molecule has 2 aromatic rings. The molecule has 1 aliphatic heterocycles. The zero-order chi connectivity index (χ0) is 17.4. The number of carbonyl (C=O) groups is 2. The molecule has 0 radical (unpaired) electrons. The number of hydrogen-bond acceptors (Lipinski definition) is 6. The number of carbonyl (C=O) groups excluding carboxylic acids is 2. The molecule has 2 amide bonds. The van der Waals surface area contributed by atoms with Gasteiger partial charge in [-0.2, -0.15) is 5.01 Å². The summed E-state index contributed by atoms with van der Waals surface area (Å²) in [6.45, 7) is 0. The zero-order valence-corrected chi connectivity index (χ0v) is 15.0. The van der Waals surface area contributed by atoms with Crippen LogP contribution in [0.3, 0.4) is 0 Å². The highest BCUT2D eigenvalue weighted by atomic mass is 32.1. The Morgan fingerprint density at radius 1 is 1.04 bits per heavy atom. The van der Waals surface area contributed by atoms with Crippen LogP contribution in [0, 0.1) is 23.7 Å². The lowest BCUT2D eigenvalue weighted by atomic mass is 9.85. The van der Waals surface area contributed by atoms with Crippen LogP contribution in [0.5, 0.6) is 0 Å². The van der Waals surface area contributed by atoms with Gasteiger partial charge in [-0.1, -0.05) is 12.2 Å². The number of imide groups is 1. The van der Waals surface area contributed by atoms with Gasteiger partial charge in [-0.25, -0.2) is 9.97 Å². The van der Waals surface area contributed by atoms with Crippen molar-refractivity contribution in [2.24, 2.45) is 23.7 Å². The number of aryl methyl sites for hydroxylation is 2. The van der Waals surface area contributed by atoms with E-state index in [1.807, 2.05) is 0 Å². The molecular formula is C19H18N4O2S. The van der Waals surface area contributed by atoms with Gasteiger partial charge in [0.05, 0.1) is 17.2 Å². The molecule has 3 aliphatic carbocycles. The number of nitrogens with zero attached hydrogens (tertiary/aromatic N) is 3. The number of thiophene rings is 1. The Morgan fingerprint density at radius 3 is 2.54 bits per heavy atom. The van der Waals surface area contributed by atoms with Gasteiger partial charge in [-0.3, -0.25) is 15.0 Å². The Morgan fingerprint density at radius 2 is 1.77 bits per heavy atom. The van der Waals surface area contributed by atoms with Crippen LogP contribution in [0.15, 0.2) is 18.5 Å². The molecule has 2 aromatic heterocycles. The Bertz CT molecular complexity index is 967. The van der Waals surface area contributed by atoms with E-state index in [0.717, 1.165) is 35.9 Å². The third-order valence-electron chi connectivity index (χ3n) is 6.44. The summed E-state index contributed by atoms with van der Waals surface area (Å²) in [7, 11) is 0.